The van der Waals surface area contributed by atoms with Crippen molar-refractivity contribution in [1.29, 1.82) is 0 Å². The van der Waals surface area contributed by atoms with Crippen molar-refractivity contribution in [3.63, 3.8) is 0 Å². The first kappa shape index (κ1) is 26.7. The topological polar surface area (TPSA) is 65.2 Å². The van der Waals surface area contributed by atoms with Crippen molar-refractivity contribution in [2.75, 3.05) is 25.2 Å². The Hall–Kier alpha value is -3.87. The predicted molar refractivity (Wildman–Crippen MR) is 164 cm³/mol. The number of benzene rings is 4. The molecule has 1 aromatic heterocycles. The van der Waals surface area contributed by atoms with Crippen LogP contribution < -0.4 is 10.7 Å². The number of carbonyl (C=O) groups is 1. The molecule has 0 aliphatic rings. The van der Waals surface area contributed by atoms with Crippen molar-refractivity contribution in [3.8, 4) is 0 Å². The third-order valence-corrected chi connectivity index (χ3v) is 7.81. The van der Waals surface area contributed by atoms with Crippen LogP contribution >= 0.6 is 11.8 Å². The van der Waals surface area contributed by atoms with Gasteiger partial charge in [0.2, 0.25) is 0 Å². The van der Waals surface area contributed by atoms with Crippen molar-refractivity contribution < 1.29 is 4.79 Å². The number of para-hydroxylation sites is 2. The fourth-order valence-electron chi connectivity index (χ4n) is 4.92. The minimum Gasteiger partial charge on any atom is -0.354 e. The number of rotatable bonds is 10. The number of aromatic amines is 1. The largest absolute Gasteiger partial charge is 0.354 e. The highest BCUT2D eigenvalue weighted by atomic mass is 32.2. The minimum atomic E-state index is -0.245. The molecule has 0 fully saturated rings. The number of hydrogen-bond donors (Lipinski definition) is 2. The number of unbranched alkanes of at least 4 members (excludes halogenated alkanes) is 1. The van der Waals surface area contributed by atoms with Gasteiger partial charge in [0, 0.05) is 33.4 Å². The number of hydrogen-bond acceptors (Lipinski definition) is 4. The summed E-state index contributed by atoms with van der Waals surface area (Å²) in [6.45, 7) is 2.02. The van der Waals surface area contributed by atoms with Gasteiger partial charge in [-0.2, -0.15) is 0 Å². The van der Waals surface area contributed by atoms with E-state index in [2.05, 4.69) is 64.9 Å². The monoisotopic (exact) mass is 535 g/mol. The van der Waals surface area contributed by atoms with Gasteiger partial charge in [-0.15, -0.1) is 11.8 Å². The first-order valence-electron chi connectivity index (χ1n) is 13.3. The van der Waals surface area contributed by atoms with Crippen LogP contribution in [0.25, 0.3) is 21.8 Å². The first-order valence-corrected chi connectivity index (χ1v) is 14.5. The summed E-state index contributed by atoms with van der Waals surface area (Å²) in [5, 5.41) is 4.12. The van der Waals surface area contributed by atoms with E-state index in [0.29, 0.717) is 21.9 Å². The number of aryl methyl sites for hydroxylation is 1. The summed E-state index contributed by atoms with van der Waals surface area (Å²) in [6.07, 6.45) is 5.34. The van der Waals surface area contributed by atoms with Crippen LogP contribution in [0.3, 0.4) is 0 Å². The number of thioether (sulfide) groups is 1. The van der Waals surface area contributed by atoms with Crippen molar-refractivity contribution in [1.82, 2.24) is 9.88 Å². The fraction of sp³-hybridized carbons (Fsp3) is 0.212. The average Bonchev–Trinajstić information content (AvgIpc) is 2.96. The van der Waals surface area contributed by atoms with Gasteiger partial charge >= 0.3 is 0 Å². The highest BCUT2D eigenvalue weighted by Gasteiger charge is 2.14. The SMILES string of the molecule is CSc1ccc(CN(C)CCCCc2ccc(NC(=O)c3cccc4c(=O)c5ccccc5[nH]c34)cc2)cc1. The van der Waals surface area contributed by atoms with Crippen LogP contribution in [0.2, 0.25) is 0 Å². The summed E-state index contributed by atoms with van der Waals surface area (Å²) in [6, 6.07) is 29.5. The number of H-pyrrole nitrogens is 1. The third kappa shape index (κ3) is 6.41. The van der Waals surface area contributed by atoms with Gasteiger partial charge in [0.15, 0.2) is 5.43 Å². The summed E-state index contributed by atoms with van der Waals surface area (Å²) in [5.41, 5.74) is 4.97. The number of amides is 1. The van der Waals surface area contributed by atoms with Crippen LogP contribution in [0, 0.1) is 0 Å². The lowest BCUT2D eigenvalue weighted by atomic mass is 10.1. The zero-order valence-corrected chi connectivity index (χ0v) is 23.2. The predicted octanol–water partition coefficient (Wildman–Crippen LogP) is 7.11. The number of anilines is 1. The molecule has 0 aliphatic carbocycles. The average molecular weight is 536 g/mol. The molecule has 5 rings (SSSR count). The normalized spacial score (nSPS) is 11.4. The van der Waals surface area contributed by atoms with Crippen LogP contribution in [0.4, 0.5) is 5.69 Å². The lowest BCUT2D eigenvalue weighted by Gasteiger charge is -2.17. The standard InChI is InChI=1S/C33H33N3O2S/c1-36(22-24-15-19-26(39-2)20-16-24)21-6-5-8-23-13-17-25(18-14-23)34-33(38)29-11-7-10-28-31(29)35-30-12-4-3-9-27(30)32(28)37/h3-4,7,9-20H,5-6,8,21-22H2,1-2H3,(H,34,38)(H,35,37). The maximum atomic E-state index is 13.2. The van der Waals surface area contributed by atoms with Crippen LogP contribution in [0.1, 0.15) is 34.3 Å². The second-order valence-electron chi connectivity index (χ2n) is 9.92. The molecule has 5 nitrogen and oxygen atoms in total. The van der Waals surface area contributed by atoms with Gasteiger partial charge in [-0.05, 0) is 98.8 Å². The lowest BCUT2D eigenvalue weighted by Crippen LogP contribution is -2.19. The fourth-order valence-corrected chi connectivity index (χ4v) is 5.33. The quantitative estimate of drug-likeness (QED) is 0.114. The van der Waals surface area contributed by atoms with Crippen molar-refractivity contribution in [3.05, 3.63) is 118 Å². The first-order chi connectivity index (χ1) is 19.0. The van der Waals surface area contributed by atoms with Gasteiger partial charge in [-0.25, -0.2) is 0 Å². The van der Waals surface area contributed by atoms with Gasteiger partial charge in [0.05, 0.1) is 11.1 Å². The molecule has 4 aromatic carbocycles. The van der Waals surface area contributed by atoms with E-state index < -0.39 is 0 Å². The van der Waals surface area contributed by atoms with Gasteiger partial charge in [0.1, 0.15) is 0 Å². The smallest absolute Gasteiger partial charge is 0.257 e. The Bertz CT molecular complexity index is 1640. The van der Waals surface area contributed by atoms with E-state index in [9.17, 15) is 9.59 Å². The van der Waals surface area contributed by atoms with Gasteiger partial charge in [-0.3, -0.25) is 9.59 Å². The van der Waals surface area contributed by atoms with Crippen LogP contribution in [-0.4, -0.2) is 35.6 Å². The van der Waals surface area contributed by atoms with E-state index in [1.54, 1.807) is 36.0 Å². The number of carbonyl (C=O) groups excluding carboxylic acids is 1. The highest BCUT2D eigenvalue weighted by molar-refractivity contribution is 7.98. The molecule has 6 heteroatoms. The molecule has 0 unspecified atom stereocenters. The van der Waals surface area contributed by atoms with Crippen molar-refractivity contribution in [2.45, 2.75) is 30.7 Å². The second kappa shape index (κ2) is 12.3. The van der Waals surface area contributed by atoms with Crippen molar-refractivity contribution >= 4 is 45.2 Å². The molecule has 0 saturated carbocycles. The molecule has 0 saturated heterocycles. The Morgan fingerprint density at radius 2 is 1.56 bits per heavy atom. The van der Waals surface area contributed by atoms with E-state index in [4.69, 9.17) is 0 Å². The summed E-state index contributed by atoms with van der Waals surface area (Å²) in [4.78, 5) is 33.1. The number of nitrogens with one attached hydrogen (secondary N) is 2. The van der Waals surface area contributed by atoms with Crippen LogP contribution in [-0.2, 0) is 13.0 Å². The molecular formula is C33H33N3O2S. The Morgan fingerprint density at radius 3 is 2.33 bits per heavy atom. The molecule has 1 heterocycles. The van der Waals surface area contributed by atoms with E-state index in [-0.39, 0.29) is 11.3 Å². The minimum absolute atomic E-state index is 0.0747. The summed E-state index contributed by atoms with van der Waals surface area (Å²) in [7, 11) is 2.17. The summed E-state index contributed by atoms with van der Waals surface area (Å²) in [5.74, 6) is -0.245. The Morgan fingerprint density at radius 1 is 0.846 bits per heavy atom. The molecule has 0 aliphatic heterocycles. The Balaban J connectivity index is 1.15. The number of aromatic nitrogens is 1. The van der Waals surface area contributed by atoms with Crippen LogP contribution in [0.15, 0.2) is 101 Å². The number of nitrogens with zero attached hydrogens (tertiary/aromatic N) is 1. The van der Waals surface area contributed by atoms with Crippen LogP contribution in [0.5, 0.6) is 0 Å². The maximum Gasteiger partial charge on any atom is 0.257 e. The molecule has 5 aromatic rings. The maximum absolute atomic E-state index is 13.2. The number of pyridine rings is 1. The molecule has 0 radical (unpaired) electrons. The lowest BCUT2D eigenvalue weighted by molar-refractivity contribution is 0.102. The zero-order valence-electron chi connectivity index (χ0n) is 22.4. The zero-order chi connectivity index (χ0) is 27.2. The van der Waals surface area contributed by atoms with Gasteiger partial charge < -0.3 is 15.2 Å². The molecule has 0 bridgehead atoms. The molecule has 198 valence electrons. The van der Waals surface area contributed by atoms with E-state index in [1.165, 1.54) is 16.0 Å². The number of fused-ring (bicyclic) bond motifs is 2. The molecule has 1 amide bonds. The molecular weight excluding hydrogens is 502 g/mol. The van der Waals surface area contributed by atoms with Gasteiger partial charge in [0.25, 0.3) is 5.91 Å². The highest BCUT2D eigenvalue weighted by Crippen LogP contribution is 2.20. The van der Waals surface area contributed by atoms with Crippen molar-refractivity contribution in [2.24, 2.45) is 0 Å². The molecule has 2 N–H and O–H groups in total. The molecule has 0 spiro atoms. The molecule has 39 heavy (non-hydrogen) atoms. The Kier molecular flexibility index (Phi) is 8.45. The van der Waals surface area contributed by atoms with Gasteiger partial charge in [-0.1, -0.05) is 42.5 Å². The summed E-state index contributed by atoms with van der Waals surface area (Å²) < 4.78 is 0. The second-order valence-corrected chi connectivity index (χ2v) is 10.8. The molecule has 0 atom stereocenters. The Labute approximate surface area is 233 Å². The third-order valence-electron chi connectivity index (χ3n) is 7.06. The van der Waals surface area contributed by atoms with E-state index in [1.807, 2.05) is 30.3 Å². The summed E-state index contributed by atoms with van der Waals surface area (Å²) >= 11 is 1.77. The van der Waals surface area contributed by atoms with E-state index >= 15 is 0 Å². The van der Waals surface area contributed by atoms with E-state index in [0.717, 1.165) is 43.6 Å².